The predicted molar refractivity (Wildman–Crippen MR) is 117 cm³/mol. The molecule has 1 aromatic heterocycles. The van der Waals surface area contributed by atoms with Gasteiger partial charge in [0.05, 0.1) is 11.2 Å². The molecule has 1 aromatic carbocycles. The van der Waals surface area contributed by atoms with Gasteiger partial charge in [-0.15, -0.1) is 11.3 Å². The number of aromatic nitrogens is 1. The molecule has 1 N–H and O–H groups in total. The summed E-state index contributed by atoms with van der Waals surface area (Å²) in [7, 11) is 0. The lowest BCUT2D eigenvalue weighted by molar-refractivity contribution is -0.116. The Hall–Kier alpha value is -2.05. The molecular weight excluding hydrogens is 385 g/mol. The Bertz CT molecular complexity index is 803. The summed E-state index contributed by atoms with van der Waals surface area (Å²) < 4.78 is 12.9. The summed E-state index contributed by atoms with van der Waals surface area (Å²) in [6, 6.07) is 6.71. The highest BCUT2D eigenvalue weighted by Crippen LogP contribution is 2.27. The van der Waals surface area contributed by atoms with E-state index in [1.54, 1.807) is 29.5 Å². The molecule has 1 unspecified atom stereocenters. The highest BCUT2D eigenvalue weighted by molar-refractivity contribution is 7.09. The number of carbonyl (C=O) groups is 1. The SMILES string of the molecule is CCCN(CCCCNC(=O)C=Cc1ccc(F)cc1)C1CCc2ncsc2C1. The van der Waals surface area contributed by atoms with Gasteiger partial charge in [-0.05, 0) is 75.4 Å². The Morgan fingerprint density at radius 2 is 2.14 bits per heavy atom. The minimum Gasteiger partial charge on any atom is -0.353 e. The Morgan fingerprint density at radius 3 is 2.93 bits per heavy atom. The first-order chi connectivity index (χ1) is 14.2. The molecule has 3 rings (SSSR count). The van der Waals surface area contributed by atoms with Gasteiger partial charge in [0.2, 0.25) is 5.91 Å². The molecule has 0 fully saturated rings. The number of unbranched alkanes of at least 4 members (excludes halogenated alkanes) is 1. The van der Waals surface area contributed by atoms with Gasteiger partial charge >= 0.3 is 0 Å². The summed E-state index contributed by atoms with van der Waals surface area (Å²) in [6.07, 6.45) is 9.84. The lowest BCUT2D eigenvalue weighted by atomic mass is 9.96. The minimum atomic E-state index is -0.274. The van der Waals surface area contributed by atoms with Gasteiger partial charge < -0.3 is 10.2 Å². The van der Waals surface area contributed by atoms with E-state index >= 15 is 0 Å². The van der Waals surface area contributed by atoms with Crippen LogP contribution in [0.25, 0.3) is 6.08 Å². The van der Waals surface area contributed by atoms with E-state index in [-0.39, 0.29) is 11.7 Å². The maximum absolute atomic E-state index is 12.9. The first-order valence-electron chi connectivity index (χ1n) is 10.5. The molecule has 1 atom stereocenters. The van der Waals surface area contributed by atoms with Crippen molar-refractivity contribution in [1.82, 2.24) is 15.2 Å². The number of fused-ring (bicyclic) bond motifs is 1. The molecule has 0 saturated heterocycles. The lowest BCUT2D eigenvalue weighted by Gasteiger charge is -2.33. The van der Waals surface area contributed by atoms with E-state index in [0.29, 0.717) is 12.6 Å². The van der Waals surface area contributed by atoms with Crippen LogP contribution in [-0.2, 0) is 17.6 Å². The molecule has 1 aliphatic rings. The van der Waals surface area contributed by atoms with Crippen molar-refractivity contribution in [3.63, 3.8) is 0 Å². The molecule has 4 nitrogen and oxygen atoms in total. The summed E-state index contributed by atoms with van der Waals surface area (Å²) in [4.78, 5) is 20.5. The molecule has 0 bridgehead atoms. The van der Waals surface area contributed by atoms with Crippen LogP contribution in [-0.4, -0.2) is 41.5 Å². The number of halogens is 1. The highest BCUT2D eigenvalue weighted by atomic mass is 32.1. The van der Waals surface area contributed by atoms with Crippen LogP contribution in [0.2, 0.25) is 0 Å². The van der Waals surface area contributed by atoms with E-state index in [2.05, 4.69) is 22.1 Å². The van der Waals surface area contributed by atoms with E-state index in [1.807, 2.05) is 5.51 Å². The Morgan fingerprint density at radius 1 is 1.31 bits per heavy atom. The normalized spacial score (nSPS) is 16.3. The number of hydrogen-bond donors (Lipinski definition) is 1. The third-order valence-electron chi connectivity index (χ3n) is 5.36. The van der Waals surface area contributed by atoms with E-state index in [0.717, 1.165) is 50.8 Å². The minimum absolute atomic E-state index is 0.107. The number of aryl methyl sites for hydroxylation is 1. The Balaban J connectivity index is 1.36. The summed E-state index contributed by atoms with van der Waals surface area (Å²) in [5.74, 6) is -0.380. The number of amides is 1. The van der Waals surface area contributed by atoms with Crippen molar-refractivity contribution < 1.29 is 9.18 Å². The van der Waals surface area contributed by atoms with Crippen LogP contribution < -0.4 is 5.32 Å². The van der Waals surface area contributed by atoms with Crippen LogP contribution in [0.5, 0.6) is 0 Å². The van der Waals surface area contributed by atoms with Gasteiger partial charge in [0, 0.05) is 23.5 Å². The molecule has 0 aliphatic heterocycles. The highest BCUT2D eigenvalue weighted by Gasteiger charge is 2.25. The van der Waals surface area contributed by atoms with Gasteiger partial charge in [-0.25, -0.2) is 9.37 Å². The first kappa shape index (κ1) is 21.7. The van der Waals surface area contributed by atoms with Crippen molar-refractivity contribution in [2.24, 2.45) is 0 Å². The number of nitrogens with one attached hydrogen (secondary N) is 1. The molecule has 1 aliphatic carbocycles. The van der Waals surface area contributed by atoms with Gasteiger partial charge in [-0.3, -0.25) is 4.79 Å². The van der Waals surface area contributed by atoms with Gasteiger partial charge in [0.25, 0.3) is 0 Å². The second kappa shape index (κ2) is 11.2. The third-order valence-corrected chi connectivity index (χ3v) is 6.25. The van der Waals surface area contributed by atoms with Crippen LogP contribution in [0.1, 0.15) is 48.7 Å². The quantitative estimate of drug-likeness (QED) is 0.460. The summed E-state index contributed by atoms with van der Waals surface area (Å²) in [5, 5.41) is 2.93. The van der Waals surface area contributed by atoms with Gasteiger partial charge in [-0.1, -0.05) is 19.1 Å². The number of benzene rings is 1. The van der Waals surface area contributed by atoms with Crippen molar-refractivity contribution in [2.75, 3.05) is 19.6 Å². The Kier molecular flexibility index (Phi) is 8.38. The van der Waals surface area contributed by atoms with Crippen molar-refractivity contribution >= 4 is 23.3 Å². The molecule has 156 valence electrons. The van der Waals surface area contributed by atoms with Crippen molar-refractivity contribution in [2.45, 2.75) is 51.5 Å². The molecule has 29 heavy (non-hydrogen) atoms. The lowest BCUT2D eigenvalue weighted by Crippen LogP contribution is -2.40. The zero-order valence-electron chi connectivity index (χ0n) is 17.1. The second-order valence-corrected chi connectivity index (χ2v) is 8.48. The van der Waals surface area contributed by atoms with E-state index in [9.17, 15) is 9.18 Å². The topological polar surface area (TPSA) is 45.2 Å². The molecule has 0 saturated carbocycles. The maximum atomic E-state index is 12.9. The van der Waals surface area contributed by atoms with Crippen LogP contribution in [0, 0.1) is 5.82 Å². The molecular formula is C23H30FN3OS. The van der Waals surface area contributed by atoms with Gasteiger partial charge in [0.1, 0.15) is 5.82 Å². The van der Waals surface area contributed by atoms with Gasteiger partial charge in [0.15, 0.2) is 0 Å². The molecule has 1 amide bonds. The van der Waals surface area contributed by atoms with Crippen LogP contribution >= 0.6 is 11.3 Å². The maximum Gasteiger partial charge on any atom is 0.243 e. The second-order valence-electron chi connectivity index (χ2n) is 7.54. The third kappa shape index (κ3) is 6.75. The molecule has 1 heterocycles. The summed E-state index contributed by atoms with van der Waals surface area (Å²) in [5.41, 5.74) is 4.09. The monoisotopic (exact) mass is 415 g/mol. The van der Waals surface area contributed by atoms with Crippen LogP contribution in [0.15, 0.2) is 35.9 Å². The van der Waals surface area contributed by atoms with Crippen LogP contribution in [0.4, 0.5) is 4.39 Å². The fraction of sp³-hybridized carbons (Fsp3) is 0.478. The number of hydrogen-bond acceptors (Lipinski definition) is 4. The predicted octanol–water partition coefficient (Wildman–Crippen LogP) is 4.46. The first-order valence-corrected chi connectivity index (χ1v) is 11.4. The van der Waals surface area contributed by atoms with E-state index in [4.69, 9.17) is 0 Å². The number of nitrogens with zero attached hydrogens (tertiary/aromatic N) is 2. The van der Waals surface area contributed by atoms with Crippen molar-refractivity contribution in [1.29, 1.82) is 0 Å². The van der Waals surface area contributed by atoms with E-state index in [1.165, 1.54) is 35.2 Å². The van der Waals surface area contributed by atoms with E-state index < -0.39 is 0 Å². The zero-order valence-corrected chi connectivity index (χ0v) is 17.9. The van der Waals surface area contributed by atoms with Crippen molar-refractivity contribution in [3.05, 3.63) is 57.8 Å². The fourth-order valence-electron chi connectivity index (χ4n) is 3.81. The number of rotatable bonds is 10. The Labute approximate surface area is 176 Å². The van der Waals surface area contributed by atoms with Crippen molar-refractivity contribution in [3.8, 4) is 0 Å². The number of thiazole rings is 1. The summed E-state index contributed by atoms with van der Waals surface area (Å²) >= 11 is 1.79. The number of carbonyl (C=O) groups excluding carboxylic acids is 1. The standard InChI is InChI=1S/C23H30FN3OS/c1-2-14-27(20-10-11-21-22(16-20)29-17-26-21)15-4-3-13-25-23(28)12-7-18-5-8-19(24)9-6-18/h5-9,12,17,20H,2-4,10-11,13-16H2,1H3,(H,25,28). The molecule has 0 radical (unpaired) electrons. The molecule has 6 heteroatoms. The average Bonchev–Trinajstić information content (AvgIpc) is 3.20. The summed E-state index contributed by atoms with van der Waals surface area (Å²) in [6.45, 7) is 5.12. The largest absolute Gasteiger partial charge is 0.353 e. The smallest absolute Gasteiger partial charge is 0.243 e. The fourth-order valence-corrected chi connectivity index (χ4v) is 4.70. The zero-order chi connectivity index (χ0) is 20.5. The molecule has 2 aromatic rings. The van der Waals surface area contributed by atoms with Gasteiger partial charge in [-0.2, -0.15) is 0 Å². The average molecular weight is 416 g/mol. The molecule has 0 spiro atoms. The van der Waals surface area contributed by atoms with Crippen LogP contribution in [0.3, 0.4) is 0 Å².